The molecule has 1 N–H and O–H groups in total. The van der Waals surface area contributed by atoms with Crippen molar-refractivity contribution in [3.05, 3.63) is 71.6 Å². The fraction of sp³-hybridized carbons (Fsp3) is 0.211. The van der Waals surface area contributed by atoms with E-state index in [9.17, 15) is 14.3 Å². The maximum Gasteiger partial charge on any atom is 0.260 e. The van der Waals surface area contributed by atoms with Crippen molar-refractivity contribution in [1.82, 2.24) is 4.90 Å². The van der Waals surface area contributed by atoms with E-state index in [4.69, 9.17) is 4.74 Å². The smallest absolute Gasteiger partial charge is 0.260 e. The molecule has 4 nitrogen and oxygen atoms in total. The fourth-order valence-electron chi connectivity index (χ4n) is 2.32. The first-order valence-electron chi connectivity index (χ1n) is 7.61. The van der Waals surface area contributed by atoms with Gasteiger partial charge in [-0.15, -0.1) is 0 Å². The molecule has 5 heteroatoms. The molecule has 0 aliphatic rings. The van der Waals surface area contributed by atoms with Crippen molar-refractivity contribution >= 4 is 12.0 Å². The molecule has 0 bridgehead atoms. The Labute approximate surface area is 140 Å². The third kappa shape index (κ3) is 4.43. The second kappa shape index (κ2) is 8.84. The number of carbonyl (C=O) groups is 1. The standard InChI is InChI=1S/C19H20FNO3/c1-24-17-11-5-10-16(20)18(17)19(23)21(13-14-22)12-6-9-15-7-3-2-4-8-15/h2-11,22H,12-14H2,1H3. The second-order valence-corrected chi connectivity index (χ2v) is 5.10. The number of nitrogens with zero attached hydrogens (tertiary/aromatic N) is 1. The number of benzene rings is 2. The zero-order valence-electron chi connectivity index (χ0n) is 13.5. The van der Waals surface area contributed by atoms with Gasteiger partial charge in [0.05, 0.1) is 13.7 Å². The topological polar surface area (TPSA) is 49.8 Å². The minimum Gasteiger partial charge on any atom is -0.496 e. The number of methoxy groups -OCH3 is 1. The number of hydrogen-bond acceptors (Lipinski definition) is 3. The van der Waals surface area contributed by atoms with Gasteiger partial charge in [0.1, 0.15) is 17.1 Å². The van der Waals surface area contributed by atoms with Gasteiger partial charge in [0.2, 0.25) is 0 Å². The molecular weight excluding hydrogens is 309 g/mol. The van der Waals surface area contributed by atoms with Gasteiger partial charge in [-0.1, -0.05) is 48.6 Å². The Morgan fingerprint density at radius 2 is 1.96 bits per heavy atom. The zero-order chi connectivity index (χ0) is 17.4. The van der Waals surface area contributed by atoms with Crippen LogP contribution in [0.2, 0.25) is 0 Å². The van der Waals surface area contributed by atoms with Crippen molar-refractivity contribution in [2.45, 2.75) is 0 Å². The van der Waals surface area contributed by atoms with Crippen molar-refractivity contribution < 1.29 is 19.0 Å². The van der Waals surface area contributed by atoms with E-state index in [-0.39, 0.29) is 31.0 Å². The highest BCUT2D eigenvalue weighted by Crippen LogP contribution is 2.23. The lowest BCUT2D eigenvalue weighted by molar-refractivity contribution is 0.0734. The van der Waals surface area contributed by atoms with Gasteiger partial charge in [-0.2, -0.15) is 0 Å². The third-order valence-electron chi connectivity index (χ3n) is 3.50. The van der Waals surface area contributed by atoms with Crippen molar-refractivity contribution in [3.63, 3.8) is 0 Å². The number of aliphatic hydroxyl groups is 1. The Balaban J connectivity index is 2.18. The summed E-state index contributed by atoms with van der Waals surface area (Å²) in [7, 11) is 1.39. The minimum absolute atomic E-state index is 0.107. The van der Waals surface area contributed by atoms with Gasteiger partial charge >= 0.3 is 0 Å². The van der Waals surface area contributed by atoms with Crippen LogP contribution < -0.4 is 4.74 Å². The Bertz CT molecular complexity index is 701. The average Bonchev–Trinajstić information content (AvgIpc) is 2.61. The maximum atomic E-state index is 14.1. The summed E-state index contributed by atoms with van der Waals surface area (Å²) in [4.78, 5) is 14.0. The molecule has 0 radical (unpaired) electrons. The molecule has 0 heterocycles. The lowest BCUT2D eigenvalue weighted by Crippen LogP contribution is -2.34. The van der Waals surface area contributed by atoms with Crippen molar-refractivity contribution in [3.8, 4) is 5.75 Å². The summed E-state index contributed by atoms with van der Waals surface area (Å²) < 4.78 is 19.1. The first-order valence-corrected chi connectivity index (χ1v) is 7.61. The van der Waals surface area contributed by atoms with Gasteiger partial charge in [0.15, 0.2) is 0 Å². The Morgan fingerprint density at radius 1 is 1.21 bits per heavy atom. The molecule has 24 heavy (non-hydrogen) atoms. The average molecular weight is 329 g/mol. The van der Waals surface area contributed by atoms with Crippen LogP contribution in [0.4, 0.5) is 4.39 Å². The molecule has 0 spiro atoms. The zero-order valence-corrected chi connectivity index (χ0v) is 13.5. The van der Waals surface area contributed by atoms with E-state index in [1.807, 2.05) is 36.4 Å². The molecule has 0 aromatic heterocycles. The van der Waals surface area contributed by atoms with E-state index in [1.165, 1.54) is 30.2 Å². The highest BCUT2D eigenvalue weighted by molar-refractivity contribution is 5.97. The Hall–Kier alpha value is -2.66. The van der Waals surface area contributed by atoms with Crippen LogP contribution in [0, 0.1) is 5.82 Å². The van der Waals surface area contributed by atoms with Crippen LogP contribution in [0.1, 0.15) is 15.9 Å². The van der Waals surface area contributed by atoms with Crippen molar-refractivity contribution in [2.24, 2.45) is 0 Å². The van der Waals surface area contributed by atoms with Crippen LogP contribution in [0.5, 0.6) is 5.75 Å². The molecule has 0 saturated heterocycles. The maximum absolute atomic E-state index is 14.1. The lowest BCUT2D eigenvalue weighted by atomic mass is 10.1. The molecule has 0 aliphatic carbocycles. The third-order valence-corrected chi connectivity index (χ3v) is 3.50. The Kier molecular flexibility index (Phi) is 6.51. The van der Waals surface area contributed by atoms with Gasteiger partial charge in [-0.05, 0) is 17.7 Å². The molecule has 0 aliphatic heterocycles. The highest BCUT2D eigenvalue weighted by Gasteiger charge is 2.22. The van der Waals surface area contributed by atoms with Crippen LogP contribution in [0.3, 0.4) is 0 Å². The summed E-state index contributed by atoms with van der Waals surface area (Å²) in [6, 6.07) is 13.9. The van der Waals surface area contributed by atoms with Gasteiger partial charge in [0, 0.05) is 13.1 Å². The van der Waals surface area contributed by atoms with Crippen LogP contribution in [0.15, 0.2) is 54.6 Å². The molecule has 126 valence electrons. The Morgan fingerprint density at radius 3 is 2.62 bits per heavy atom. The summed E-state index contributed by atoms with van der Waals surface area (Å²) >= 11 is 0. The molecule has 0 unspecified atom stereocenters. The van der Waals surface area contributed by atoms with Crippen LogP contribution in [-0.2, 0) is 0 Å². The van der Waals surface area contributed by atoms with Crippen LogP contribution in [0.25, 0.3) is 6.08 Å². The monoisotopic (exact) mass is 329 g/mol. The number of amides is 1. The minimum atomic E-state index is -0.644. The molecule has 2 aromatic rings. The summed E-state index contributed by atoms with van der Waals surface area (Å²) in [5.74, 6) is -0.985. The summed E-state index contributed by atoms with van der Waals surface area (Å²) in [6.07, 6.45) is 3.67. The lowest BCUT2D eigenvalue weighted by Gasteiger charge is -2.21. The van der Waals surface area contributed by atoms with Gasteiger partial charge in [-0.3, -0.25) is 4.79 Å². The quantitative estimate of drug-likeness (QED) is 0.849. The highest BCUT2D eigenvalue weighted by atomic mass is 19.1. The summed E-state index contributed by atoms with van der Waals surface area (Å²) in [5, 5.41) is 9.20. The van der Waals surface area contributed by atoms with E-state index in [0.717, 1.165) is 5.56 Å². The van der Waals surface area contributed by atoms with Crippen molar-refractivity contribution in [2.75, 3.05) is 26.8 Å². The predicted molar refractivity (Wildman–Crippen MR) is 91.4 cm³/mol. The summed E-state index contributed by atoms with van der Waals surface area (Å²) in [5.41, 5.74) is 0.874. The SMILES string of the molecule is COc1cccc(F)c1C(=O)N(CC=Cc1ccccc1)CCO. The number of aliphatic hydroxyl groups excluding tert-OH is 1. The molecule has 2 rings (SSSR count). The van der Waals surface area contributed by atoms with E-state index in [0.29, 0.717) is 0 Å². The molecule has 2 aromatic carbocycles. The van der Waals surface area contributed by atoms with E-state index in [2.05, 4.69) is 0 Å². The first-order chi connectivity index (χ1) is 11.7. The van der Waals surface area contributed by atoms with E-state index in [1.54, 1.807) is 6.08 Å². The van der Waals surface area contributed by atoms with Crippen LogP contribution in [-0.4, -0.2) is 42.7 Å². The number of rotatable bonds is 7. The first kappa shape index (κ1) is 17.7. The molecule has 1 amide bonds. The number of carbonyl (C=O) groups excluding carboxylic acids is 1. The number of halogens is 1. The second-order valence-electron chi connectivity index (χ2n) is 5.10. The summed E-state index contributed by atoms with van der Waals surface area (Å²) in [6.45, 7) is 0.156. The number of ether oxygens (including phenoxy) is 1. The van der Waals surface area contributed by atoms with E-state index >= 15 is 0 Å². The fourth-order valence-corrected chi connectivity index (χ4v) is 2.32. The molecule has 0 fully saturated rings. The largest absolute Gasteiger partial charge is 0.496 e. The van der Waals surface area contributed by atoms with Gasteiger partial charge < -0.3 is 14.7 Å². The normalized spacial score (nSPS) is 10.8. The van der Waals surface area contributed by atoms with Gasteiger partial charge in [0.25, 0.3) is 5.91 Å². The van der Waals surface area contributed by atoms with Gasteiger partial charge in [-0.25, -0.2) is 4.39 Å². The number of hydrogen-bond donors (Lipinski definition) is 1. The molecule has 0 atom stereocenters. The molecule has 0 saturated carbocycles. The molecular formula is C19H20FNO3. The van der Waals surface area contributed by atoms with Crippen LogP contribution >= 0.6 is 0 Å². The van der Waals surface area contributed by atoms with E-state index < -0.39 is 11.7 Å². The van der Waals surface area contributed by atoms with Crippen molar-refractivity contribution in [1.29, 1.82) is 0 Å². The predicted octanol–water partition coefficient (Wildman–Crippen LogP) is 2.98.